The van der Waals surface area contributed by atoms with Gasteiger partial charge in [-0.2, -0.15) is 0 Å². The summed E-state index contributed by atoms with van der Waals surface area (Å²) in [6, 6.07) is 0. The van der Waals surface area contributed by atoms with Crippen LogP contribution in [0, 0.1) is 5.92 Å². The molecule has 0 aromatic carbocycles. The van der Waals surface area contributed by atoms with E-state index in [1.54, 1.807) is 0 Å². The number of hydrogen-bond acceptors (Lipinski definition) is 4. The van der Waals surface area contributed by atoms with Crippen molar-refractivity contribution < 1.29 is 19.1 Å². The summed E-state index contributed by atoms with van der Waals surface area (Å²) in [5.41, 5.74) is 0. The van der Waals surface area contributed by atoms with Crippen molar-refractivity contribution in [2.75, 3.05) is 13.2 Å². The summed E-state index contributed by atoms with van der Waals surface area (Å²) in [5, 5.41) is -0.231. The third kappa shape index (κ3) is 25.9. The quantitative estimate of drug-likeness (QED) is 0.0487. The van der Waals surface area contributed by atoms with Crippen LogP contribution in [0.2, 0.25) is 0 Å². The third-order valence-corrected chi connectivity index (χ3v) is 8.24. The van der Waals surface area contributed by atoms with Crippen LogP contribution in [0.15, 0.2) is 0 Å². The second-order valence-electron chi connectivity index (χ2n) is 11.6. The number of rotatable bonds is 30. The van der Waals surface area contributed by atoms with E-state index in [2.05, 4.69) is 20.8 Å². The minimum atomic E-state index is -0.341. The molecule has 0 fully saturated rings. The fraction of sp³-hybridized carbons (Fsp3) is 0.941. The molecular formula is C34H65ClO4. The summed E-state index contributed by atoms with van der Waals surface area (Å²) in [4.78, 5) is 25.2. The molecule has 5 heteroatoms. The summed E-state index contributed by atoms with van der Waals surface area (Å²) < 4.78 is 11.1. The van der Waals surface area contributed by atoms with Crippen molar-refractivity contribution in [1.29, 1.82) is 0 Å². The third-order valence-electron chi connectivity index (χ3n) is 7.72. The summed E-state index contributed by atoms with van der Waals surface area (Å²) in [6.45, 7) is 7.66. The van der Waals surface area contributed by atoms with Gasteiger partial charge >= 0.3 is 11.9 Å². The zero-order chi connectivity index (χ0) is 28.8. The van der Waals surface area contributed by atoms with Crippen LogP contribution in [0.25, 0.3) is 0 Å². The molecule has 0 aliphatic heterocycles. The Labute approximate surface area is 248 Å². The van der Waals surface area contributed by atoms with Crippen LogP contribution in [0.3, 0.4) is 0 Å². The average molecular weight is 573 g/mol. The maximum atomic E-state index is 13.0. The van der Waals surface area contributed by atoms with Crippen LogP contribution in [0.4, 0.5) is 0 Å². The smallest absolute Gasteiger partial charge is 0.310 e. The van der Waals surface area contributed by atoms with Gasteiger partial charge in [-0.05, 0) is 32.1 Å². The monoisotopic (exact) mass is 572 g/mol. The van der Waals surface area contributed by atoms with Gasteiger partial charge in [-0.1, -0.05) is 143 Å². The number of ether oxygens (including phenoxy) is 2. The Kier molecular flexibility index (Phi) is 29.6. The lowest BCUT2D eigenvalue weighted by Gasteiger charge is -2.21. The zero-order valence-electron chi connectivity index (χ0n) is 26.3. The number of alkyl halides is 1. The first-order valence-corrected chi connectivity index (χ1v) is 17.5. The van der Waals surface area contributed by atoms with E-state index in [4.69, 9.17) is 21.1 Å². The first-order valence-electron chi connectivity index (χ1n) is 17.0. The zero-order valence-corrected chi connectivity index (χ0v) is 27.0. The highest BCUT2D eigenvalue weighted by Gasteiger charge is 2.28. The van der Waals surface area contributed by atoms with E-state index in [0.29, 0.717) is 32.5 Å². The second kappa shape index (κ2) is 30.2. The second-order valence-corrected chi connectivity index (χ2v) is 12.1. The van der Waals surface area contributed by atoms with Gasteiger partial charge in [0.2, 0.25) is 0 Å². The van der Waals surface area contributed by atoms with Crippen molar-refractivity contribution in [2.24, 2.45) is 5.92 Å². The molecule has 4 nitrogen and oxygen atoms in total. The fourth-order valence-corrected chi connectivity index (χ4v) is 5.45. The van der Waals surface area contributed by atoms with Gasteiger partial charge in [0.05, 0.1) is 19.1 Å². The van der Waals surface area contributed by atoms with E-state index >= 15 is 0 Å². The molecule has 0 saturated heterocycles. The van der Waals surface area contributed by atoms with E-state index in [0.717, 1.165) is 38.5 Å². The molecule has 0 rings (SSSR count). The Bertz CT molecular complexity index is 539. The first-order chi connectivity index (χ1) is 19.1. The van der Waals surface area contributed by atoms with Gasteiger partial charge in [0.1, 0.15) is 0 Å². The number of carbonyl (C=O) groups is 2. The maximum absolute atomic E-state index is 13.0. The molecule has 0 N–H and O–H groups in total. The largest absolute Gasteiger partial charge is 0.466 e. The van der Waals surface area contributed by atoms with Gasteiger partial charge < -0.3 is 9.47 Å². The van der Waals surface area contributed by atoms with Gasteiger partial charge in [0, 0.05) is 11.8 Å². The maximum Gasteiger partial charge on any atom is 0.310 e. The Morgan fingerprint density at radius 2 is 0.923 bits per heavy atom. The molecule has 2 unspecified atom stereocenters. The van der Waals surface area contributed by atoms with Crippen LogP contribution in [-0.2, 0) is 19.1 Å². The van der Waals surface area contributed by atoms with E-state index in [1.807, 2.05) is 0 Å². The SMILES string of the molecule is CCCCCCCCCCCC(Cl)C(CCCC(=O)OCCCCCCCC)C(=O)OCCCCCCCC. The van der Waals surface area contributed by atoms with Gasteiger partial charge in [0.25, 0.3) is 0 Å². The van der Waals surface area contributed by atoms with Crippen LogP contribution >= 0.6 is 11.6 Å². The molecule has 2 atom stereocenters. The highest BCUT2D eigenvalue weighted by Crippen LogP contribution is 2.25. The predicted molar refractivity (Wildman–Crippen MR) is 167 cm³/mol. The van der Waals surface area contributed by atoms with Gasteiger partial charge in [-0.25, -0.2) is 0 Å². The Balaban J connectivity index is 4.36. The van der Waals surface area contributed by atoms with Crippen molar-refractivity contribution >= 4 is 23.5 Å². The Hall–Kier alpha value is -0.770. The van der Waals surface area contributed by atoms with Crippen LogP contribution in [0.5, 0.6) is 0 Å². The summed E-state index contributed by atoms with van der Waals surface area (Å²) in [5.74, 6) is -0.681. The fourth-order valence-electron chi connectivity index (χ4n) is 5.07. The highest BCUT2D eigenvalue weighted by molar-refractivity contribution is 6.22. The summed E-state index contributed by atoms with van der Waals surface area (Å²) in [6.07, 6.45) is 27.8. The minimum absolute atomic E-state index is 0.159. The number of esters is 2. The molecule has 232 valence electrons. The lowest BCUT2D eigenvalue weighted by Crippen LogP contribution is -2.27. The molecule has 0 saturated carbocycles. The predicted octanol–water partition coefficient (Wildman–Crippen LogP) is 11.1. The van der Waals surface area contributed by atoms with Crippen LogP contribution in [0.1, 0.15) is 181 Å². The molecular weight excluding hydrogens is 508 g/mol. The number of unbranched alkanes of at least 4 members (excludes halogenated alkanes) is 18. The van der Waals surface area contributed by atoms with E-state index < -0.39 is 0 Å². The Morgan fingerprint density at radius 3 is 1.41 bits per heavy atom. The molecule has 39 heavy (non-hydrogen) atoms. The van der Waals surface area contributed by atoms with Crippen molar-refractivity contribution in [3.05, 3.63) is 0 Å². The average Bonchev–Trinajstić information content (AvgIpc) is 2.93. The molecule has 0 spiro atoms. The van der Waals surface area contributed by atoms with Gasteiger partial charge in [0.15, 0.2) is 0 Å². The molecule has 0 aromatic heterocycles. The Morgan fingerprint density at radius 1 is 0.513 bits per heavy atom. The molecule has 0 heterocycles. The highest BCUT2D eigenvalue weighted by atomic mass is 35.5. The van der Waals surface area contributed by atoms with Crippen LogP contribution in [-0.4, -0.2) is 30.5 Å². The molecule has 0 aliphatic rings. The standard InChI is InChI=1S/C34H65ClO4/c1-4-7-10-13-16-17-18-19-22-27-32(35)31(34(37)39-30-24-21-15-12-9-6-3)26-25-28-33(36)38-29-23-20-14-11-8-5-2/h31-32H,4-30H2,1-3H3. The van der Waals surface area contributed by atoms with Crippen molar-refractivity contribution in [2.45, 2.75) is 187 Å². The normalized spacial score (nSPS) is 12.8. The van der Waals surface area contributed by atoms with Crippen molar-refractivity contribution in [3.8, 4) is 0 Å². The van der Waals surface area contributed by atoms with E-state index in [1.165, 1.54) is 103 Å². The molecule has 0 aliphatic carbocycles. The van der Waals surface area contributed by atoms with Gasteiger partial charge in [-0.3, -0.25) is 9.59 Å². The van der Waals surface area contributed by atoms with E-state index in [9.17, 15) is 9.59 Å². The van der Waals surface area contributed by atoms with Gasteiger partial charge in [-0.15, -0.1) is 11.6 Å². The first kappa shape index (κ1) is 38.2. The topological polar surface area (TPSA) is 52.6 Å². The van der Waals surface area contributed by atoms with Crippen molar-refractivity contribution in [3.63, 3.8) is 0 Å². The lowest BCUT2D eigenvalue weighted by atomic mass is 9.94. The van der Waals surface area contributed by atoms with Crippen LogP contribution < -0.4 is 0 Å². The van der Waals surface area contributed by atoms with Crippen molar-refractivity contribution in [1.82, 2.24) is 0 Å². The lowest BCUT2D eigenvalue weighted by molar-refractivity contribution is -0.150. The number of halogens is 1. The molecule has 0 radical (unpaired) electrons. The van der Waals surface area contributed by atoms with E-state index in [-0.39, 0.29) is 23.2 Å². The summed E-state index contributed by atoms with van der Waals surface area (Å²) in [7, 11) is 0. The number of hydrogen-bond donors (Lipinski definition) is 0. The molecule has 0 bridgehead atoms. The number of carbonyl (C=O) groups excluding carboxylic acids is 2. The minimum Gasteiger partial charge on any atom is -0.466 e. The molecule has 0 aromatic rings. The summed E-state index contributed by atoms with van der Waals surface area (Å²) >= 11 is 6.79. The molecule has 0 amide bonds.